The van der Waals surface area contributed by atoms with Crippen molar-refractivity contribution < 1.29 is 9.90 Å². The highest BCUT2D eigenvalue weighted by Gasteiger charge is 2.41. The molecule has 0 radical (unpaired) electrons. The molecule has 1 saturated carbocycles. The maximum atomic E-state index is 13.1. The van der Waals surface area contributed by atoms with Crippen molar-refractivity contribution in [2.75, 3.05) is 13.1 Å². The third kappa shape index (κ3) is 6.27. The molecule has 0 bridgehead atoms. The van der Waals surface area contributed by atoms with E-state index >= 15 is 0 Å². The van der Waals surface area contributed by atoms with Gasteiger partial charge < -0.3 is 16.2 Å². The van der Waals surface area contributed by atoms with Crippen LogP contribution in [0.2, 0.25) is 0 Å². The van der Waals surface area contributed by atoms with Crippen LogP contribution in [0.1, 0.15) is 58.4 Å². The zero-order valence-corrected chi connectivity index (χ0v) is 18.3. The SMILES string of the molecule is CC(C)(C)NC(=O)C1C[C@@H]2CCCC[C@@H]2CN1CC(O)C(N)Cc1ccccc1. The zero-order chi connectivity index (χ0) is 21.0. The number of piperidine rings is 1. The molecule has 3 unspecified atom stereocenters. The first-order valence-electron chi connectivity index (χ1n) is 11.3. The lowest BCUT2D eigenvalue weighted by atomic mass is 9.72. The second-order valence-corrected chi connectivity index (χ2v) is 10.2. The van der Waals surface area contributed by atoms with Crippen LogP contribution in [0.5, 0.6) is 0 Å². The minimum atomic E-state index is -0.653. The average molecular weight is 402 g/mol. The fourth-order valence-corrected chi connectivity index (χ4v) is 5.02. The molecule has 0 aromatic heterocycles. The van der Waals surface area contributed by atoms with E-state index in [1.807, 2.05) is 51.1 Å². The van der Waals surface area contributed by atoms with Crippen molar-refractivity contribution >= 4 is 5.91 Å². The van der Waals surface area contributed by atoms with E-state index in [1.54, 1.807) is 0 Å². The molecular formula is C24H39N3O2. The van der Waals surface area contributed by atoms with Crippen LogP contribution in [0.15, 0.2) is 30.3 Å². The number of benzene rings is 1. The third-order valence-electron chi connectivity index (χ3n) is 6.53. The minimum Gasteiger partial charge on any atom is -0.390 e. The summed E-state index contributed by atoms with van der Waals surface area (Å²) in [6.45, 7) is 7.41. The Bertz CT molecular complexity index is 658. The maximum Gasteiger partial charge on any atom is 0.237 e. The van der Waals surface area contributed by atoms with Crippen molar-refractivity contribution in [3.05, 3.63) is 35.9 Å². The first kappa shape index (κ1) is 22.3. The summed E-state index contributed by atoms with van der Waals surface area (Å²) in [5.41, 5.74) is 7.22. The summed E-state index contributed by atoms with van der Waals surface area (Å²) in [5.74, 6) is 1.36. The number of carbonyl (C=O) groups excluding carboxylic acids is 1. The number of nitrogens with two attached hydrogens (primary N) is 1. The molecule has 5 atom stereocenters. The topological polar surface area (TPSA) is 78.6 Å². The van der Waals surface area contributed by atoms with Crippen LogP contribution in [0.4, 0.5) is 0 Å². The monoisotopic (exact) mass is 401 g/mol. The molecule has 1 aromatic rings. The van der Waals surface area contributed by atoms with E-state index in [9.17, 15) is 9.90 Å². The zero-order valence-electron chi connectivity index (χ0n) is 18.3. The van der Waals surface area contributed by atoms with E-state index in [0.717, 1.165) is 18.5 Å². The lowest BCUT2D eigenvalue weighted by Gasteiger charge is -2.46. The van der Waals surface area contributed by atoms with Gasteiger partial charge in [0.1, 0.15) is 0 Å². The van der Waals surface area contributed by atoms with Crippen molar-refractivity contribution in [1.82, 2.24) is 10.2 Å². The van der Waals surface area contributed by atoms with Crippen LogP contribution < -0.4 is 11.1 Å². The molecule has 162 valence electrons. The molecule has 29 heavy (non-hydrogen) atoms. The first-order chi connectivity index (χ1) is 13.7. The molecule has 1 heterocycles. The van der Waals surface area contributed by atoms with Gasteiger partial charge >= 0.3 is 0 Å². The lowest BCUT2D eigenvalue weighted by molar-refractivity contribution is -0.132. The predicted molar refractivity (Wildman–Crippen MR) is 117 cm³/mol. The third-order valence-corrected chi connectivity index (χ3v) is 6.53. The van der Waals surface area contributed by atoms with E-state index in [-0.39, 0.29) is 23.5 Å². The number of aliphatic hydroxyl groups is 1. The summed E-state index contributed by atoms with van der Waals surface area (Å²) in [6, 6.07) is 9.54. The molecule has 5 heteroatoms. The average Bonchev–Trinajstić information content (AvgIpc) is 2.66. The van der Waals surface area contributed by atoms with Crippen LogP contribution in [-0.2, 0) is 11.2 Å². The van der Waals surface area contributed by atoms with Gasteiger partial charge in [-0.05, 0) is 57.4 Å². The molecule has 1 aliphatic carbocycles. The van der Waals surface area contributed by atoms with E-state index in [4.69, 9.17) is 5.73 Å². The first-order valence-corrected chi connectivity index (χ1v) is 11.3. The number of likely N-dealkylation sites (tertiary alicyclic amines) is 1. The Hall–Kier alpha value is -1.43. The Morgan fingerprint density at radius 3 is 2.52 bits per heavy atom. The highest BCUT2D eigenvalue weighted by molar-refractivity contribution is 5.82. The van der Waals surface area contributed by atoms with Crippen LogP contribution in [0.25, 0.3) is 0 Å². The van der Waals surface area contributed by atoms with Crippen LogP contribution >= 0.6 is 0 Å². The molecule has 2 fully saturated rings. The number of nitrogens with one attached hydrogen (secondary N) is 1. The number of fused-ring (bicyclic) bond motifs is 1. The molecule has 3 rings (SSSR count). The van der Waals surface area contributed by atoms with Crippen LogP contribution in [-0.4, -0.2) is 52.7 Å². The van der Waals surface area contributed by atoms with E-state index < -0.39 is 6.10 Å². The molecular weight excluding hydrogens is 362 g/mol. The molecule has 0 spiro atoms. The number of hydrogen-bond donors (Lipinski definition) is 3. The molecule has 1 aliphatic heterocycles. The van der Waals surface area contributed by atoms with Crippen molar-refractivity contribution in [2.24, 2.45) is 17.6 Å². The van der Waals surface area contributed by atoms with Gasteiger partial charge in [0.25, 0.3) is 0 Å². The van der Waals surface area contributed by atoms with Crippen molar-refractivity contribution in [1.29, 1.82) is 0 Å². The van der Waals surface area contributed by atoms with Crippen LogP contribution in [0, 0.1) is 11.8 Å². The number of hydrogen-bond acceptors (Lipinski definition) is 4. The van der Waals surface area contributed by atoms with Gasteiger partial charge in [-0.1, -0.05) is 49.6 Å². The number of amides is 1. The number of rotatable bonds is 6. The lowest BCUT2D eigenvalue weighted by Crippen LogP contribution is -2.59. The van der Waals surface area contributed by atoms with Crippen molar-refractivity contribution in [3.63, 3.8) is 0 Å². The second kappa shape index (κ2) is 9.59. The quantitative estimate of drug-likeness (QED) is 0.685. The molecule has 1 saturated heterocycles. The Morgan fingerprint density at radius 2 is 1.86 bits per heavy atom. The summed E-state index contributed by atoms with van der Waals surface area (Å²) < 4.78 is 0. The molecule has 2 aliphatic rings. The van der Waals surface area contributed by atoms with Crippen LogP contribution in [0.3, 0.4) is 0 Å². The van der Waals surface area contributed by atoms with Gasteiger partial charge in [-0.15, -0.1) is 0 Å². The number of carbonyl (C=O) groups is 1. The molecule has 1 aromatic carbocycles. The number of aliphatic hydroxyl groups excluding tert-OH is 1. The predicted octanol–water partition coefficient (Wildman–Crippen LogP) is 2.71. The molecule has 5 nitrogen and oxygen atoms in total. The summed E-state index contributed by atoms with van der Waals surface area (Å²) in [4.78, 5) is 15.3. The van der Waals surface area contributed by atoms with Gasteiger partial charge in [0.15, 0.2) is 0 Å². The van der Waals surface area contributed by atoms with Crippen molar-refractivity contribution in [2.45, 2.75) is 83.0 Å². The fraction of sp³-hybridized carbons (Fsp3) is 0.708. The normalized spacial score (nSPS) is 27.7. The van der Waals surface area contributed by atoms with E-state index in [2.05, 4.69) is 10.2 Å². The van der Waals surface area contributed by atoms with Gasteiger partial charge in [-0.3, -0.25) is 9.69 Å². The summed E-state index contributed by atoms with van der Waals surface area (Å²) in [7, 11) is 0. The maximum absolute atomic E-state index is 13.1. The van der Waals surface area contributed by atoms with Gasteiger partial charge in [0.2, 0.25) is 5.91 Å². The number of nitrogens with zero attached hydrogens (tertiary/aromatic N) is 1. The Kier molecular flexibility index (Phi) is 7.36. The summed E-state index contributed by atoms with van der Waals surface area (Å²) in [6.07, 6.45) is 5.91. The summed E-state index contributed by atoms with van der Waals surface area (Å²) in [5, 5.41) is 14.0. The van der Waals surface area contributed by atoms with Gasteiger partial charge in [-0.2, -0.15) is 0 Å². The molecule has 4 N–H and O–H groups in total. The minimum absolute atomic E-state index is 0.0883. The highest BCUT2D eigenvalue weighted by Crippen LogP contribution is 2.38. The van der Waals surface area contributed by atoms with Gasteiger partial charge in [0.05, 0.1) is 12.1 Å². The largest absolute Gasteiger partial charge is 0.390 e. The molecule has 1 amide bonds. The smallest absolute Gasteiger partial charge is 0.237 e. The standard InChI is InChI=1S/C24H39N3O2/c1-24(2,3)26-23(29)21-14-18-11-7-8-12-19(18)15-27(21)16-22(28)20(25)13-17-9-5-4-6-10-17/h4-6,9-10,18-22,28H,7-8,11-16,25H2,1-3H3,(H,26,29)/t18-,19+,20?,21?,22?/m0/s1. The fourth-order valence-electron chi connectivity index (χ4n) is 5.02. The second-order valence-electron chi connectivity index (χ2n) is 10.2. The highest BCUT2D eigenvalue weighted by atomic mass is 16.3. The van der Waals surface area contributed by atoms with E-state index in [0.29, 0.717) is 24.8 Å². The Labute approximate surface area is 176 Å². The summed E-state index contributed by atoms with van der Waals surface area (Å²) >= 11 is 0. The Balaban J connectivity index is 1.67. The van der Waals surface area contributed by atoms with E-state index in [1.165, 1.54) is 25.7 Å². The van der Waals surface area contributed by atoms with Gasteiger partial charge in [0, 0.05) is 24.7 Å². The Morgan fingerprint density at radius 1 is 1.21 bits per heavy atom. The van der Waals surface area contributed by atoms with Crippen molar-refractivity contribution in [3.8, 4) is 0 Å². The van der Waals surface area contributed by atoms with Gasteiger partial charge in [-0.25, -0.2) is 0 Å². The number of β-amino-alcohol motifs (C(OH)–C–C–N with tert-alkyl or cyclic N) is 1.